The lowest BCUT2D eigenvalue weighted by Crippen LogP contribution is -2.40. The second-order valence-electron chi connectivity index (χ2n) is 7.94. The Morgan fingerprint density at radius 3 is 2.22 bits per heavy atom. The van der Waals surface area contributed by atoms with Crippen molar-refractivity contribution in [2.75, 3.05) is 6.54 Å². The van der Waals surface area contributed by atoms with Crippen LogP contribution in [-0.4, -0.2) is 35.0 Å². The van der Waals surface area contributed by atoms with Crippen LogP contribution in [0.4, 0.5) is 0 Å². The lowest BCUT2D eigenvalue weighted by Gasteiger charge is -2.37. The van der Waals surface area contributed by atoms with Gasteiger partial charge in [0.2, 0.25) is 11.8 Å². The minimum absolute atomic E-state index is 0.126. The van der Waals surface area contributed by atoms with E-state index < -0.39 is 12.5 Å². The number of benzene rings is 1. The van der Waals surface area contributed by atoms with E-state index >= 15 is 0 Å². The Kier molecular flexibility index (Phi) is 3.41. The second kappa shape index (κ2) is 5.62. The number of esters is 1. The summed E-state index contributed by atoms with van der Waals surface area (Å²) in [5.41, 5.74) is 0.293. The lowest BCUT2D eigenvalue weighted by molar-refractivity contribution is -0.148. The molecule has 6 heteroatoms. The van der Waals surface area contributed by atoms with E-state index in [-0.39, 0.29) is 47.0 Å². The molecule has 3 fully saturated rings. The van der Waals surface area contributed by atoms with Gasteiger partial charge < -0.3 is 4.74 Å². The molecule has 1 aromatic rings. The summed E-state index contributed by atoms with van der Waals surface area (Å²) in [4.78, 5) is 50.9. The molecule has 6 unspecified atom stereocenters. The molecule has 1 aromatic carbocycles. The van der Waals surface area contributed by atoms with Crippen molar-refractivity contribution in [1.82, 2.24) is 4.90 Å². The number of para-hydroxylation sites is 1. The van der Waals surface area contributed by atoms with Gasteiger partial charge in [0, 0.05) is 0 Å². The van der Waals surface area contributed by atoms with Crippen LogP contribution in [0.25, 0.3) is 0 Å². The number of carbonyl (C=O) groups is 4. The fourth-order valence-corrected chi connectivity index (χ4v) is 5.31. The van der Waals surface area contributed by atoms with Crippen LogP contribution in [0, 0.1) is 35.5 Å². The van der Waals surface area contributed by atoms with Gasteiger partial charge in [0.1, 0.15) is 12.3 Å². The maximum absolute atomic E-state index is 12.9. The number of hydrogen-bond donors (Lipinski definition) is 0. The molecule has 2 amide bonds. The highest BCUT2D eigenvalue weighted by Gasteiger charge is 2.67. The number of amides is 2. The highest BCUT2D eigenvalue weighted by molar-refractivity contribution is 6.08. The first-order chi connectivity index (χ1) is 13.0. The monoisotopic (exact) mass is 365 g/mol. The Balaban J connectivity index is 1.34. The van der Waals surface area contributed by atoms with E-state index in [4.69, 9.17) is 4.74 Å². The molecule has 1 aliphatic heterocycles. The molecule has 0 aromatic heterocycles. The van der Waals surface area contributed by atoms with E-state index in [1.165, 1.54) is 13.0 Å². The predicted octanol–water partition coefficient (Wildman–Crippen LogP) is 1.85. The van der Waals surface area contributed by atoms with Gasteiger partial charge in [-0.1, -0.05) is 24.3 Å². The van der Waals surface area contributed by atoms with Gasteiger partial charge in [0.15, 0.2) is 5.78 Å². The van der Waals surface area contributed by atoms with Gasteiger partial charge in [-0.25, -0.2) is 4.79 Å². The summed E-state index contributed by atoms with van der Waals surface area (Å²) in [5, 5.41) is 0. The Labute approximate surface area is 156 Å². The molecule has 1 heterocycles. The summed E-state index contributed by atoms with van der Waals surface area (Å²) in [6.45, 7) is 0.977. The Morgan fingerprint density at radius 1 is 1.04 bits per heavy atom. The van der Waals surface area contributed by atoms with E-state index in [0.717, 1.165) is 11.3 Å². The smallest absolute Gasteiger partial charge is 0.331 e. The van der Waals surface area contributed by atoms with Crippen LogP contribution in [0.2, 0.25) is 0 Å². The molecular formula is C21H19NO5. The number of rotatable bonds is 4. The summed E-state index contributed by atoms with van der Waals surface area (Å²) in [5.74, 6) is -0.662. The van der Waals surface area contributed by atoms with Crippen molar-refractivity contribution in [3.05, 3.63) is 42.0 Å². The summed E-state index contributed by atoms with van der Waals surface area (Å²) in [7, 11) is 0. The molecule has 0 N–H and O–H groups in total. The molecule has 0 spiro atoms. The molecule has 6 atom stereocenters. The van der Waals surface area contributed by atoms with Gasteiger partial charge in [-0.2, -0.15) is 0 Å². The van der Waals surface area contributed by atoms with Gasteiger partial charge >= 0.3 is 5.97 Å². The first-order valence-corrected chi connectivity index (χ1v) is 9.31. The molecular weight excluding hydrogens is 346 g/mol. The summed E-state index contributed by atoms with van der Waals surface area (Å²) in [6.07, 6.45) is 5.28. The minimum atomic E-state index is -0.713. The van der Waals surface area contributed by atoms with Crippen molar-refractivity contribution in [3.63, 3.8) is 0 Å². The Bertz CT molecular complexity index is 883. The fraction of sp³-hybridized carbons (Fsp3) is 0.429. The van der Waals surface area contributed by atoms with Gasteiger partial charge in [-0.05, 0) is 49.1 Å². The molecule has 1 saturated heterocycles. The SMILES string of the molecule is CC(=O)c1ccccc1OC(=O)CN1C(=O)C2C3C=CC(C4CC34)C2C1=O. The molecule has 138 valence electrons. The number of imide groups is 1. The highest BCUT2D eigenvalue weighted by atomic mass is 16.5. The molecule has 2 saturated carbocycles. The quantitative estimate of drug-likeness (QED) is 0.267. The van der Waals surface area contributed by atoms with E-state index in [1.807, 2.05) is 0 Å². The molecule has 2 bridgehead atoms. The molecule has 6 rings (SSSR count). The van der Waals surface area contributed by atoms with Crippen molar-refractivity contribution in [2.24, 2.45) is 35.5 Å². The van der Waals surface area contributed by atoms with Crippen molar-refractivity contribution in [3.8, 4) is 5.75 Å². The van der Waals surface area contributed by atoms with Gasteiger partial charge in [-0.15, -0.1) is 0 Å². The van der Waals surface area contributed by atoms with Crippen LogP contribution in [0.3, 0.4) is 0 Å². The van der Waals surface area contributed by atoms with Crippen LogP contribution in [0.5, 0.6) is 5.75 Å². The Hall–Kier alpha value is -2.76. The van der Waals surface area contributed by atoms with Gasteiger partial charge in [0.25, 0.3) is 0 Å². The zero-order chi connectivity index (χ0) is 18.9. The third kappa shape index (κ3) is 2.32. The van der Waals surface area contributed by atoms with Crippen LogP contribution < -0.4 is 4.74 Å². The third-order valence-electron chi connectivity index (χ3n) is 6.53. The van der Waals surface area contributed by atoms with Gasteiger partial charge in [-0.3, -0.25) is 19.3 Å². The Morgan fingerprint density at radius 2 is 1.63 bits per heavy atom. The van der Waals surface area contributed by atoms with Crippen LogP contribution in [0.15, 0.2) is 36.4 Å². The number of hydrogen-bond acceptors (Lipinski definition) is 5. The topological polar surface area (TPSA) is 80.8 Å². The van der Waals surface area contributed by atoms with E-state index in [2.05, 4.69) is 12.2 Å². The third-order valence-corrected chi connectivity index (χ3v) is 6.53. The number of nitrogens with zero attached hydrogens (tertiary/aromatic N) is 1. The lowest BCUT2D eigenvalue weighted by atomic mass is 9.63. The normalized spacial score (nSPS) is 35.1. The van der Waals surface area contributed by atoms with Crippen molar-refractivity contribution < 1.29 is 23.9 Å². The summed E-state index contributed by atoms with van der Waals surface area (Å²) < 4.78 is 5.30. The number of allylic oxidation sites excluding steroid dienone is 2. The molecule has 4 aliphatic carbocycles. The van der Waals surface area contributed by atoms with Crippen molar-refractivity contribution >= 4 is 23.6 Å². The van der Waals surface area contributed by atoms with Crippen molar-refractivity contribution in [2.45, 2.75) is 13.3 Å². The molecule has 5 aliphatic rings. The number of ketones is 1. The van der Waals surface area contributed by atoms with Crippen LogP contribution in [0.1, 0.15) is 23.7 Å². The minimum Gasteiger partial charge on any atom is -0.424 e. The van der Waals surface area contributed by atoms with Crippen LogP contribution in [-0.2, 0) is 14.4 Å². The number of likely N-dealkylation sites (tertiary alicyclic amines) is 1. The number of carbonyl (C=O) groups excluding carboxylic acids is 4. The summed E-state index contributed by atoms with van der Waals surface area (Å²) >= 11 is 0. The first-order valence-electron chi connectivity index (χ1n) is 9.31. The largest absolute Gasteiger partial charge is 0.424 e. The molecule has 0 radical (unpaired) electrons. The zero-order valence-electron chi connectivity index (χ0n) is 14.8. The molecule has 27 heavy (non-hydrogen) atoms. The standard InChI is InChI=1S/C21H19NO5/c1-10(23)11-4-2-3-5-16(11)27-17(24)9-22-20(25)18-12-6-7-13(15-8-14(12)15)19(18)21(22)26/h2-7,12-15,18-19H,8-9H2,1H3. The average molecular weight is 365 g/mol. The first kappa shape index (κ1) is 16.4. The zero-order valence-corrected chi connectivity index (χ0v) is 14.8. The van der Waals surface area contributed by atoms with E-state index in [0.29, 0.717) is 17.4 Å². The second-order valence-corrected chi connectivity index (χ2v) is 7.94. The fourth-order valence-electron chi connectivity index (χ4n) is 5.31. The number of Topliss-reactive ketones (excluding diaryl/α,β-unsaturated/α-hetero) is 1. The molecule has 6 nitrogen and oxygen atoms in total. The predicted molar refractivity (Wildman–Crippen MR) is 93.5 cm³/mol. The highest BCUT2D eigenvalue weighted by Crippen LogP contribution is 2.65. The average Bonchev–Trinajstić information content (AvgIpc) is 3.43. The van der Waals surface area contributed by atoms with Gasteiger partial charge in [0.05, 0.1) is 17.4 Å². The van der Waals surface area contributed by atoms with E-state index in [9.17, 15) is 19.2 Å². The summed E-state index contributed by atoms with van der Waals surface area (Å²) in [6, 6.07) is 6.44. The van der Waals surface area contributed by atoms with E-state index in [1.54, 1.807) is 18.2 Å². The van der Waals surface area contributed by atoms with Crippen molar-refractivity contribution in [1.29, 1.82) is 0 Å². The van der Waals surface area contributed by atoms with Crippen LogP contribution >= 0.6 is 0 Å². The maximum atomic E-state index is 12.9. The number of ether oxygens (including phenoxy) is 1. The maximum Gasteiger partial charge on any atom is 0.331 e.